The molecule has 0 aliphatic heterocycles. The number of carbonyl (C=O) groups excluding carboxylic acids is 1. The molecule has 0 atom stereocenters. The summed E-state index contributed by atoms with van der Waals surface area (Å²) in [6.45, 7) is 2.53. The summed E-state index contributed by atoms with van der Waals surface area (Å²) in [6, 6.07) is 4.77. The number of hydrogen-bond acceptors (Lipinski definition) is 1. The summed E-state index contributed by atoms with van der Waals surface area (Å²) >= 11 is 0. The van der Waals surface area contributed by atoms with Crippen LogP contribution in [0.1, 0.15) is 24.0 Å². The molecule has 1 fully saturated rings. The van der Waals surface area contributed by atoms with Crippen molar-refractivity contribution in [1.29, 1.82) is 0 Å². The van der Waals surface area contributed by atoms with Crippen molar-refractivity contribution in [2.24, 2.45) is 5.92 Å². The third kappa shape index (κ3) is 2.81. The molecule has 3 heteroatoms. The molecular formula is C13H16FNO. The Labute approximate surface area is 94.9 Å². The fourth-order valence-corrected chi connectivity index (χ4v) is 1.75. The zero-order chi connectivity index (χ0) is 11.5. The molecule has 1 aromatic carbocycles. The minimum Gasteiger partial charge on any atom is -0.356 e. The Morgan fingerprint density at radius 1 is 1.50 bits per heavy atom. The molecule has 1 amide bonds. The van der Waals surface area contributed by atoms with Crippen molar-refractivity contribution in [3.8, 4) is 0 Å². The van der Waals surface area contributed by atoms with Crippen molar-refractivity contribution in [3.05, 3.63) is 35.1 Å². The van der Waals surface area contributed by atoms with Crippen LogP contribution >= 0.6 is 0 Å². The van der Waals surface area contributed by atoms with Crippen LogP contribution in [0.5, 0.6) is 0 Å². The molecule has 0 spiro atoms. The molecule has 0 aromatic heterocycles. The first kappa shape index (κ1) is 11.1. The van der Waals surface area contributed by atoms with Gasteiger partial charge in [0, 0.05) is 12.5 Å². The quantitative estimate of drug-likeness (QED) is 0.829. The van der Waals surface area contributed by atoms with Gasteiger partial charge in [0.25, 0.3) is 0 Å². The van der Waals surface area contributed by atoms with E-state index in [-0.39, 0.29) is 17.6 Å². The van der Waals surface area contributed by atoms with E-state index in [2.05, 4.69) is 5.32 Å². The van der Waals surface area contributed by atoms with E-state index in [0.717, 1.165) is 30.4 Å². The van der Waals surface area contributed by atoms with E-state index in [9.17, 15) is 9.18 Å². The van der Waals surface area contributed by atoms with Gasteiger partial charge in [0.05, 0.1) is 0 Å². The van der Waals surface area contributed by atoms with Crippen LogP contribution in [-0.2, 0) is 11.2 Å². The highest BCUT2D eigenvalue weighted by Gasteiger charge is 2.28. The predicted molar refractivity (Wildman–Crippen MR) is 60.6 cm³/mol. The lowest BCUT2D eigenvalue weighted by atomic mass is 10.1. The minimum atomic E-state index is -0.205. The van der Waals surface area contributed by atoms with Crippen LogP contribution in [0.15, 0.2) is 18.2 Å². The number of halogens is 1. The highest BCUT2D eigenvalue weighted by Crippen LogP contribution is 2.28. The Morgan fingerprint density at radius 2 is 2.25 bits per heavy atom. The van der Waals surface area contributed by atoms with Gasteiger partial charge in [-0.2, -0.15) is 0 Å². The molecule has 0 unspecified atom stereocenters. The molecule has 1 saturated carbocycles. The van der Waals surface area contributed by atoms with Gasteiger partial charge in [0.2, 0.25) is 5.91 Å². The second kappa shape index (κ2) is 4.64. The standard InChI is InChI=1S/C13H16FNO/c1-9-8-12(14)5-4-10(9)6-7-15-13(16)11-2-3-11/h4-5,8,11H,2-3,6-7H2,1H3,(H,15,16). The summed E-state index contributed by atoms with van der Waals surface area (Å²) in [4.78, 5) is 11.4. The first-order chi connectivity index (χ1) is 7.66. The van der Waals surface area contributed by atoms with Gasteiger partial charge in [0.1, 0.15) is 5.82 Å². The second-order valence-electron chi connectivity index (χ2n) is 4.39. The van der Waals surface area contributed by atoms with Gasteiger partial charge >= 0.3 is 0 Å². The monoisotopic (exact) mass is 221 g/mol. The van der Waals surface area contributed by atoms with Crippen LogP contribution in [0.4, 0.5) is 4.39 Å². The minimum absolute atomic E-state index is 0.166. The van der Waals surface area contributed by atoms with Gasteiger partial charge in [-0.1, -0.05) is 6.07 Å². The summed E-state index contributed by atoms with van der Waals surface area (Å²) in [5.41, 5.74) is 2.04. The molecule has 1 aromatic rings. The maximum Gasteiger partial charge on any atom is 0.223 e. The number of hydrogen-bond donors (Lipinski definition) is 1. The molecule has 1 aliphatic carbocycles. The van der Waals surface area contributed by atoms with Crippen molar-refractivity contribution in [1.82, 2.24) is 5.32 Å². The van der Waals surface area contributed by atoms with Crippen LogP contribution in [0, 0.1) is 18.7 Å². The van der Waals surface area contributed by atoms with Crippen LogP contribution in [0.3, 0.4) is 0 Å². The second-order valence-corrected chi connectivity index (χ2v) is 4.39. The first-order valence-corrected chi connectivity index (χ1v) is 5.69. The Kier molecular flexibility index (Phi) is 3.22. The summed E-state index contributed by atoms with van der Waals surface area (Å²) < 4.78 is 12.8. The Hall–Kier alpha value is -1.38. The molecule has 86 valence electrons. The third-order valence-electron chi connectivity index (χ3n) is 2.95. The normalized spacial score (nSPS) is 14.9. The van der Waals surface area contributed by atoms with Gasteiger partial charge in [-0.25, -0.2) is 4.39 Å². The van der Waals surface area contributed by atoms with E-state index in [0.29, 0.717) is 6.54 Å². The van der Waals surface area contributed by atoms with Crippen molar-refractivity contribution in [3.63, 3.8) is 0 Å². The molecule has 2 nitrogen and oxygen atoms in total. The van der Waals surface area contributed by atoms with Crippen LogP contribution in [-0.4, -0.2) is 12.5 Å². The third-order valence-corrected chi connectivity index (χ3v) is 2.95. The van der Waals surface area contributed by atoms with E-state index in [1.165, 1.54) is 12.1 Å². The van der Waals surface area contributed by atoms with Crippen molar-refractivity contribution < 1.29 is 9.18 Å². The lowest BCUT2D eigenvalue weighted by molar-refractivity contribution is -0.122. The number of carbonyl (C=O) groups is 1. The van der Waals surface area contributed by atoms with Gasteiger partial charge in [0.15, 0.2) is 0 Å². The van der Waals surface area contributed by atoms with Crippen LogP contribution in [0.25, 0.3) is 0 Å². The first-order valence-electron chi connectivity index (χ1n) is 5.69. The molecule has 1 aliphatic rings. The van der Waals surface area contributed by atoms with Crippen LogP contribution in [0.2, 0.25) is 0 Å². The number of benzene rings is 1. The van der Waals surface area contributed by atoms with E-state index in [4.69, 9.17) is 0 Å². The summed E-state index contributed by atoms with van der Waals surface area (Å²) in [5.74, 6) is 0.220. The summed E-state index contributed by atoms with van der Waals surface area (Å²) in [6.07, 6.45) is 2.83. The Bertz CT molecular complexity index is 399. The van der Waals surface area contributed by atoms with Gasteiger partial charge < -0.3 is 5.32 Å². The topological polar surface area (TPSA) is 29.1 Å². The van der Waals surface area contributed by atoms with Crippen molar-refractivity contribution in [2.75, 3.05) is 6.54 Å². The molecule has 0 radical (unpaired) electrons. The fraction of sp³-hybridized carbons (Fsp3) is 0.462. The molecule has 1 N–H and O–H groups in total. The van der Waals surface area contributed by atoms with E-state index >= 15 is 0 Å². The van der Waals surface area contributed by atoms with E-state index < -0.39 is 0 Å². The number of aryl methyl sites for hydroxylation is 1. The molecule has 0 heterocycles. The maximum absolute atomic E-state index is 12.8. The highest BCUT2D eigenvalue weighted by atomic mass is 19.1. The van der Waals surface area contributed by atoms with E-state index in [1.54, 1.807) is 6.07 Å². The molecule has 16 heavy (non-hydrogen) atoms. The average Bonchev–Trinajstić information content (AvgIpc) is 3.04. The van der Waals surface area contributed by atoms with E-state index in [1.807, 2.05) is 6.92 Å². The van der Waals surface area contributed by atoms with Gasteiger partial charge in [-0.3, -0.25) is 4.79 Å². The summed E-state index contributed by atoms with van der Waals surface area (Å²) in [5, 5.41) is 2.90. The average molecular weight is 221 g/mol. The lowest BCUT2D eigenvalue weighted by Gasteiger charge is -2.07. The zero-order valence-corrected chi connectivity index (χ0v) is 9.42. The fourth-order valence-electron chi connectivity index (χ4n) is 1.75. The number of rotatable bonds is 4. The molecular weight excluding hydrogens is 205 g/mol. The van der Waals surface area contributed by atoms with Crippen molar-refractivity contribution >= 4 is 5.91 Å². The largest absolute Gasteiger partial charge is 0.356 e. The van der Waals surface area contributed by atoms with Crippen molar-refractivity contribution in [2.45, 2.75) is 26.2 Å². The number of nitrogens with one attached hydrogen (secondary N) is 1. The lowest BCUT2D eigenvalue weighted by Crippen LogP contribution is -2.27. The summed E-state index contributed by atoms with van der Waals surface area (Å²) in [7, 11) is 0. The molecule has 2 rings (SSSR count). The Balaban J connectivity index is 1.82. The van der Waals surface area contributed by atoms with Crippen LogP contribution < -0.4 is 5.32 Å². The molecule has 0 saturated heterocycles. The molecule has 0 bridgehead atoms. The highest BCUT2D eigenvalue weighted by molar-refractivity contribution is 5.80. The maximum atomic E-state index is 12.8. The van der Waals surface area contributed by atoms with Gasteiger partial charge in [-0.05, 0) is 49.4 Å². The predicted octanol–water partition coefficient (Wildman–Crippen LogP) is 2.20. The van der Waals surface area contributed by atoms with Gasteiger partial charge in [-0.15, -0.1) is 0 Å². The number of amides is 1. The Morgan fingerprint density at radius 3 is 2.88 bits per heavy atom. The zero-order valence-electron chi connectivity index (χ0n) is 9.42. The smallest absolute Gasteiger partial charge is 0.223 e. The SMILES string of the molecule is Cc1cc(F)ccc1CCNC(=O)C1CC1.